The zero-order valence-electron chi connectivity index (χ0n) is 32.3. The van der Waals surface area contributed by atoms with Crippen molar-refractivity contribution in [1.82, 2.24) is 20.0 Å². The third-order valence-corrected chi connectivity index (χ3v) is 10.2. The molecule has 0 bridgehead atoms. The van der Waals surface area contributed by atoms with Crippen LogP contribution in [-0.2, 0) is 14.2 Å². The number of nitrogens with zero attached hydrogens (tertiary/aromatic N) is 9. The van der Waals surface area contributed by atoms with E-state index in [4.69, 9.17) is 19.8 Å². The molecule has 6 heterocycles. The van der Waals surface area contributed by atoms with Crippen molar-refractivity contribution in [1.29, 1.82) is 5.26 Å². The highest BCUT2D eigenvalue weighted by Crippen LogP contribution is 2.61. The lowest BCUT2D eigenvalue weighted by Gasteiger charge is -2.33. The number of hydrazone groups is 2. The minimum atomic E-state index is -3.22. The Kier molecular flexibility index (Phi) is 15.0. The lowest BCUT2D eigenvalue weighted by atomic mass is 9.94. The number of nitrogens with two attached hydrogens (primary N) is 1. The molecule has 2 N–H and O–H groups in total. The molecule has 2 saturated heterocycles. The fourth-order valence-electron chi connectivity index (χ4n) is 7.34. The van der Waals surface area contributed by atoms with Crippen molar-refractivity contribution in [2.75, 3.05) is 36.0 Å². The van der Waals surface area contributed by atoms with Crippen molar-refractivity contribution in [3.63, 3.8) is 0 Å². The van der Waals surface area contributed by atoms with Gasteiger partial charge in [-0.05, 0) is 94.8 Å². The number of hydrogen-bond acceptors (Lipinski definition) is 13. The van der Waals surface area contributed by atoms with Crippen molar-refractivity contribution in [2.45, 2.75) is 50.6 Å². The summed E-state index contributed by atoms with van der Waals surface area (Å²) < 4.78 is 74.5. The summed E-state index contributed by atoms with van der Waals surface area (Å²) in [6.45, 7) is 2.12. The van der Waals surface area contributed by atoms with Crippen LogP contribution in [0.2, 0.25) is 0 Å². The standard InChI is InChI=1S/C19H19F2N5O3.C19H17F2N5O2.Cl3OP/c20-13-7-12(8-14(21)9-13)15-1-4-24-26(15)18(28)11-2-5-25(6-3-11)19-23-10-16(29-19)17(22)27;20-14-7-13(8-15(21)9-14)17-1-4-24-26(17)18(27)12-2-5-25(6-3-12)19-23-11-16(10-22)28-19;1-5(2,3)4/h4,7-11,15H,1-3,5-6H2,(H2,22,27);4,7-9,11-12,17H,1-3,5-6H2;/t15-;17-;/m00./s1. The molecule has 4 aliphatic heterocycles. The zero-order valence-corrected chi connectivity index (χ0v) is 35.5. The summed E-state index contributed by atoms with van der Waals surface area (Å²) in [4.78, 5) is 48.9. The minimum absolute atomic E-state index is 0.0187. The molecule has 0 saturated carbocycles. The van der Waals surface area contributed by atoms with Crippen LogP contribution >= 0.6 is 38.9 Å². The van der Waals surface area contributed by atoms with Gasteiger partial charge >= 0.3 is 5.20 Å². The largest absolute Gasteiger partial charge is 0.418 e. The number of benzene rings is 2. The lowest BCUT2D eigenvalue weighted by Crippen LogP contribution is -2.41. The summed E-state index contributed by atoms with van der Waals surface area (Å²) in [6.07, 6.45) is 8.84. The molecule has 2 aromatic carbocycles. The summed E-state index contributed by atoms with van der Waals surface area (Å²) in [5, 5.41) is 16.6. The van der Waals surface area contributed by atoms with Gasteiger partial charge in [0.15, 0.2) is 0 Å². The molecule has 4 aliphatic rings. The maximum atomic E-state index is 13.6. The Bertz CT molecular complexity index is 2380. The molecular weight excluding hydrogens is 906 g/mol. The molecule has 62 heavy (non-hydrogen) atoms. The van der Waals surface area contributed by atoms with Crippen LogP contribution in [-0.4, -0.2) is 76.3 Å². The third kappa shape index (κ3) is 11.9. The first kappa shape index (κ1) is 46.0. The van der Waals surface area contributed by atoms with E-state index in [1.807, 2.05) is 15.9 Å². The average molecular weight is 942 g/mol. The van der Waals surface area contributed by atoms with Gasteiger partial charge in [-0.3, -0.25) is 18.9 Å². The van der Waals surface area contributed by atoms with E-state index in [1.165, 1.54) is 46.7 Å². The van der Waals surface area contributed by atoms with Gasteiger partial charge in [0.1, 0.15) is 29.3 Å². The number of halogens is 7. The molecule has 2 aromatic heterocycles. The summed E-state index contributed by atoms with van der Waals surface area (Å²) >= 11 is 13.8. The van der Waals surface area contributed by atoms with Crippen LogP contribution in [0.15, 0.2) is 67.8 Å². The van der Waals surface area contributed by atoms with Crippen LogP contribution in [0.1, 0.15) is 78.1 Å². The number of nitriles is 1. The number of carbonyl (C=O) groups excluding carboxylic acids is 3. The summed E-state index contributed by atoms with van der Waals surface area (Å²) in [7, 11) is 0. The Labute approximate surface area is 365 Å². The van der Waals surface area contributed by atoms with E-state index >= 15 is 0 Å². The quantitative estimate of drug-likeness (QED) is 0.139. The monoisotopic (exact) mass is 940 g/mol. The first-order chi connectivity index (χ1) is 29.5. The highest BCUT2D eigenvalue weighted by atomic mass is 36.0. The van der Waals surface area contributed by atoms with Gasteiger partial charge in [0.2, 0.25) is 23.3 Å². The van der Waals surface area contributed by atoms with E-state index in [0.29, 0.717) is 81.8 Å². The highest BCUT2D eigenvalue weighted by molar-refractivity contribution is 8.24. The van der Waals surface area contributed by atoms with Crippen molar-refractivity contribution in [3.8, 4) is 6.07 Å². The molecule has 16 nitrogen and oxygen atoms in total. The van der Waals surface area contributed by atoms with Crippen molar-refractivity contribution in [2.24, 2.45) is 27.8 Å². The number of carbonyl (C=O) groups is 3. The molecule has 2 atom stereocenters. The molecule has 0 unspecified atom stereocenters. The van der Waals surface area contributed by atoms with E-state index in [0.717, 1.165) is 12.1 Å². The molecule has 8 rings (SSSR count). The highest BCUT2D eigenvalue weighted by Gasteiger charge is 2.37. The van der Waals surface area contributed by atoms with Crippen LogP contribution in [0.5, 0.6) is 0 Å². The second kappa shape index (κ2) is 20.1. The summed E-state index contributed by atoms with van der Waals surface area (Å²) in [5.41, 5.74) is 5.94. The molecule has 2 fully saturated rings. The predicted molar refractivity (Wildman–Crippen MR) is 219 cm³/mol. The number of hydrogen-bond donors (Lipinski definition) is 1. The smallest absolute Gasteiger partial charge is 0.339 e. The van der Waals surface area contributed by atoms with Gasteiger partial charge in [0, 0.05) is 75.4 Å². The van der Waals surface area contributed by atoms with Gasteiger partial charge in [-0.2, -0.15) is 15.5 Å². The Morgan fingerprint density at radius 2 is 1.08 bits per heavy atom. The number of aromatic nitrogens is 2. The fourth-order valence-corrected chi connectivity index (χ4v) is 7.34. The van der Waals surface area contributed by atoms with Crippen molar-refractivity contribution < 1.29 is 45.3 Å². The predicted octanol–water partition coefficient (Wildman–Crippen LogP) is 8.04. The number of anilines is 2. The second-order valence-electron chi connectivity index (χ2n) is 14.3. The van der Waals surface area contributed by atoms with Crippen LogP contribution in [0.4, 0.5) is 29.6 Å². The van der Waals surface area contributed by atoms with E-state index < -0.39 is 46.5 Å². The number of oxazole rings is 2. The van der Waals surface area contributed by atoms with Gasteiger partial charge in [0.05, 0.1) is 24.5 Å². The Morgan fingerprint density at radius 1 is 0.694 bits per heavy atom. The Balaban J connectivity index is 0.000000187. The molecule has 0 aliphatic carbocycles. The molecule has 328 valence electrons. The number of rotatable bonds is 7. The normalized spacial score (nSPS) is 19.1. The number of piperidine rings is 2. The number of primary amides is 1. The zero-order chi connectivity index (χ0) is 44.7. The maximum Gasteiger partial charge on any atom is 0.339 e. The molecule has 0 spiro atoms. The van der Waals surface area contributed by atoms with Crippen molar-refractivity contribution in [3.05, 3.63) is 94.7 Å². The van der Waals surface area contributed by atoms with Crippen LogP contribution < -0.4 is 15.5 Å². The molecule has 4 aromatic rings. The molecule has 0 radical (unpaired) electrons. The first-order valence-corrected chi connectivity index (χ1v) is 23.3. The Morgan fingerprint density at radius 3 is 1.44 bits per heavy atom. The minimum Gasteiger partial charge on any atom is -0.418 e. The number of amides is 3. The van der Waals surface area contributed by atoms with Gasteiger partial charge in [-0.1, -0.05) is 0 Å². The van der Waals surface area contributed by atoms with Crippen LogP contribution in [0.3, 0.4) is 0 Å². The summed E-state index contributed by atoms with van der Waals surface area (Å²) in [5.74, 6) is -4.17. The maximum absolute atomic E-state index is 13.6. The van der Waals surface area contributed by atoms with E-state index in [-0.39, 0.29) is 41.2 Å². The molecule has 3 amide bonds. The molecular formula is C38H36Cl3F4N10O6P. The Hall–Kier alpha value is -5.48. The van der Waals surface area contributed by atoms with Crippen molar-refractivity contribution >= 4 is 81.1 Å². The first-order valence-electron chi connectivity index (χ1n) is 18.9. The van der Waals surface area contributed by atoms with Crippen LogP contribution in [0.25, 0.3) is 0 Å². The average Bonchev–Trinajstić information content (AvgIpc) is 4.07. The van der Waals surface area contributed by atoms with Gasteiger partial charge in [-0.15, -0.1) is 0 Å². The van der Waals surface area contributed by atoms with Crippen LogP contribution in [0, 0.1) is 46.4 Å². The lowest BCUT2D eigenvalue weighted by molar-refractivity contribution is -0.138. The SMILES string of the molecule is N#Cc1cnc(N2CCC(C(=O)N3N=CC[C@H]3c3cc(F)cc(F)c3)CC2)o1.NC(=O)c1cnc(N2CCC(C(=O)N3N=CC[C@H]3c3cc(F)cc(F)c3)CC2)o1.O=P(Cl)(Cl)Cl. The topological polar surface area (TPSA) is 208 Å². The van der Waals surface area contributed by atoms with E-state index in [2.05, 4.69) is 53.9 Å². The van der Waals surface area contributed by atoms with E-state index in [9.17, 15) is 36.5 Å². The second-order valence-corrected chi connectivity index (χ2v) is 20.9. The fraction of sp³-hybridized carbons (Fsp3) is 0.368. The van der Waals surface area contributed by atoms with Gasteiger partial charge < -0.3 is 24.4 Å². The molecule has 24 heteroatoms. The van der Waals surface area contributed by atoms with E-state index in [1.54, 1.807) is 12.4 Å². The van der Waals surface area contributed by atoms with Gasteiger partial charge in [0.25, 0.3) is 17.9 Å². The summed E-state index contributed by atoms with van der Waals surface area (Å²) in [6, 6.07) is 8.07. The third-order valence-electron chi connectivity index (χ3n) is 10.2. The van der Waals surface area contributed by atoms with Gasteiger partial charge in [-0.25, -0.2) is 37.5 Å².